The maximum Gasteiger partial charge on any atom is 0.404 e. The van der Waals surface area contributed by atoms with Crippen LogP contribution in [0.25, 0.3) is 12.2 Å². The van der Waals surface area contributed by atoms with Gasteiger partial charge >= 0.3 is 11.9 Å². The Morgan fingerprint density at radius 3 is 2.59 bits per heavy atom. The van der Waals surface area contributed by atoms with Crippen LogP contribution in [0.15, 0.2) is 42.5 Å². The molecule has 2 rings (SSSR count). The molecule has 1 aromatic heterocycles. The van der Waals surface area contributed by atoms with E-state index in [2.05, 4.69) is 10.3 Å². The molecule has 0 aliphatic rings. The van der Waals surface area contributed by atoms with Gasteiger partial charge < -0.3 is 20.5 Å². The van der Waals surface area contributed by atoms with Crippen LogP contribution in [-0.2, 0) is 6.54 Å². The van der Waals surface area contributed by atoms with E-state index < -0.39 is 11.0 Å². The zero-order valence-corrected chi connectivity index (χ0v) is 11.5. The lowest BCUT2D eigenvalue weighted by molar-refractivity contribution is -0.389. The molecule has 2 N–H and O–H groups in total. The van der Waals surface area contributed by atoms with Crippen LogP contribution >= 0.6 is 0 Å². The molecule has 0 spiro atoms. The highest BCUT2D eigenvalue weighted by molar-refractivity contribution is 5.68. The van der Waals surface area contributed by atoms with Crippen molar-refractivity contribution in [1.29, 1.82) is 0 Å². The number of hydrogen-bond acceptors (Lipinski definition) is 4. The Hall–Kier alpha value is -3.22. The molecule has 0 bridgehead atoms. The minimum atomic E-state index is -1.07. The number of carbonyl (C=O) groups is 1. The first kappa shape index (κ1) is 15.2. The second-order valence-corrected chi connectivity index (χ2v) is 4.41. The molecule has 1 amide bonds. The molecule has 0 radical (unpaired) electrons. The molecule has 7 heteroatoms. The highest BCUT2D eigenvalue weighted by Crippen LogP contribution is 2.12. The van der Waals surface area contributed by atoms with E-state index >= 15 is 0 Å². The van der Waals surface area contributed by atoms with Crippen molar-refractivity contribution >= 4 is 24.1 Å². The Balaban J connectivity index is 2.05. The Kier molecular flexibility index (Phi) is 4.81. The zero-order valence-electron chi connectivity index (χ0n) is 11.5. The minimum absolute atomic E-state index is 0.197. The van der Waals surface area contributed by atoms with Crippen LogP contribution < -0.4 is 5.32 Å². The summed E-state index contributed by atoms with van der Waals surface area (Å²) < 4.78 is 0. The molecule has 0 fully saturated rings. The molecule has 1 heterocycles. The molecule has 22 heavy (non-hydrogen) atoms. The van der Waals surface area contributed by atoms with Gasteiger partial charge in [-0.3, -0.25) is 0 Å². The first-order chi connectivity index (χ1) is 10.5. The van der Waals surface area contributed by atoms with E-state index in [-0.39, 0.29) is 12.4 Å². The molecule has 0 unspecified atom stereocenters. The van der Waals surface area contributed by atoms with Crippen molar-refractivity contribution in [3.8, 4) is 0 Å². The SMILES string of the molecule is O=C(O)NCc1ccc(/C=C/c2cccc([N+](=O)[O-])n2)cc1. The van der Waals surface area contributed by atoms with Crippen molar-refractivity contribution in [3.63, 3.8) is 0 Å². The first-order valence-corrected chi connectivity index (χ1v) is 6.40. The van der Waals surface area contributed by atoms with Gasteiger partial charge in [-0.05, 0) is 39.2 Å². The quantitative estimate of drug-likeness (QED) is 0.652. The van der Waals surface area contributed by atoms with Gasteiger partial charge in [-0.15, -0.1) is 0 Å². The summed E-state index contributed by atoms with van der Waals surface area (Å²) >= 11 is 0. The second-order valence-electron chi connectivity index (χ2n) is 4.41. The highest BCUT2D eigenvalue weighted by Gasteiger charge is 2.06. The smallest absolute Gasteiger partial charge is 0.404 e. The number of rotatable bonds is 5. The highest BCUT2D eigenvalue weighted by atomic mass is 16.6. The second kappa shape index (κ2) is 6.98. The van der Waals surface area contributed by atoms with Gasteiger partial charge in [0.15, 0.2) is 5.69 Å². The number of hydrogen-bond donors (Lipinski definition) is 2. The largest absolute Gasteiger partial charge is 0.465 e. The Morgan fingerprint density at radius 2 is 1.95 bits per heavy atom. The lowest BCUT2D eigenvalue weighted by Crippen LogP contribution is -2.19. The monoisotopic (exact) mass is 299 g/mol. The maximum absolute atomic E-state index is 10.6. The summed E-state index contributed by atoms with van der Waals surface area (Å²) in [7, 11) is 0. The fraction of sp³-hybridized carbons (Fsp3) is 0.0667. The number of carboxylic acid groups (broad SMARTS) is 1. The summed E-state index contributed by atoms with van der Waals surface area (Å²) in [6.45, 7) is 0.242. The lowest BCUT2D eigenvalue weighted by Gasteiger charge is -2.01. The van der Waals surface area contributed by atoms with Gasteiger partial charge in [0.25, 0.3) is 0 Å². The van der Waals surface area contributed by atoms with E-state index in [4.69, 9.17) is 5.11 Å². The molecule has 2 aromatic rings. The molecule has 0 aliphatic carbocycles. The van der Waals surface area contributed by atoms with Crippen molar-refractivity contribution in [2.75, 3.05) is 0 Å². The van der Waals surface area contributed by atoms with E-state index in [0.717, 1.165) is 11.1 Å². The molecule has 0 saturated carbocycles. The third-order valence-electron chi connectivity index (χ3n) is 2.81. The number of pyridine rings is 1. The fourth-order valence-corrected chi connectivity index (χ4v) is 1.74. The van der Waals surface area contributed by atoms with Crippen LogP contribution in [0.2, 0.25) is 0 Å². The lowest BCUT2D eigenvalue weighted by atomic mass is 10.1. The molecule has 0 atom stereocenters. The maximum atomic E-state index is 10.6. The van der Waals surface area contributed by atoms with E-state index in [0.29, 0.717) is 5.69 Å². The van der Waals surface area contributed by atoms with Gasteiger partial charge in [0, 0.05) is 12.6 Å². The van der Waals surface area contributed by atoms with Gasteiger partial charge in [0.05, 0.1) is 0 Å². The Labute approximate surface area is 126 Å². The van der Waals surface area contributed by atoms with Crippen molar-refractivity contribution in [2.45, 2.75) is 6.54 Å². The van der Waals surface area contributed by atoms with Gasteiger partial charge in [-0.25, -0.2) is 4.79 Å². The summed E-state index contributed by atoms with van der Waals surface area (Å²) in [6, 6.07) is 11.8. The number of benzene rings is 1. The Bertz CT molecular complexity index is 711. The predicted molar refractivity (Wildman–Crippen MR) is 81.1 cm³/mol. The van der Waals surface area contributed by atoms with Crippen LogP contribution in [0.4, 0.5) is 10.6 Å². The molecule has 112 valence electrons. The zero-order chi connectivity index (χ0) is 15.9. The average Bonchev–Trinajstić information content (AvgIpc) is 2.52. The predicted octanol–water partition coefficient (Wildman–Crippen LogP) is 2.93. The van der Waals surface area contributed by atoms with Crippen molar-refractivity contribution in [1.82, 2.24) is 10.3 Å². The van der Waals surface area contributed by atoms with Crippen LogP contribution in [-0.4, -0.2) is 21.1 Å². The third kappa shape index (κ3) is 4.41. The number of nitrogens with zero attached hydrogens (tertiary/aromatic N) is 2. The summed E-state index contributed by atoms with van der Waals surface area (Å²) in [5.41, 5.74) is 2.21. The van der Waals surface area contributed by atoms with Crippen molar-refractivity contribution in [2.24, 2.45) is 0 Å². The topological polar surface area (TPSA) is 105 Å². The van der Waals surface area contributed by atoms with Gasteiger partial charge in [-0.2, -0.15) is 0 Å². The van der Waals surface area contributed by atoms with Crippen LogP contribution in [0, 0.1) is 10.1 Å². The minimum Gasteiger partial charge on any atom is -0.465 e. The summed E-state index contributed by atoms with van der Waals surface area (Å²) in [5, 5.41) is 21.5. The molecular weight excluding hydrogens is 286 g/mol. The Morgan fingerprint density at radius 1 is 1.23 bits per heavy atom. The van der Waals surface area contributed by atoms with Gasteiger partial charge in [0.1, 0.15) is 0 Å². The first-order valence-electron chi connectivity index (χ1n) is 6.40. The van der Waals surface area contributed by atoms with Crippen LogP contribution in [0.5, 0.6) is 0 Å². The number of amides is 1. The van der Waals surface area contributed by atoms with Crippen LogP contribution in [0.3, 0.4) is 0 Å². The molecule has 1 aromatic carbocycles. The van der Waals surface area contributed by atoms with Crippen LogP contribution in [0.1, 0.15) is 16.8 Å². The normalized spacial score (nSPS) is 10.5. The molecule has 7 nitrogen and oxygen atoms in total. The van der Waals surface area contributed by atoms with Gasteiger partial charge in [-0.1, -0.05) is 30.3 Å². The molecule has 0 saturated heterocycles. The van der Waals surface area contributed by atoms with E-state index in [1.165, 1.54) is 6.07 Å². The molecular formula is C15H13N3O4. The summed E-state index contributed by atoms with van der Waals surface area (Å²) in [5.74, 6) is -0.197. The number of nitro groups is 1. The van der Waals surface area contributed by atoms with Gasteiger partial charge in [0.2, 0.25) is 0 Å². The number of nitrogens with one attached hydrogen (secondary N) is 1. The van der Waals surface area contributed by atoms with Crippen molar-refractivity contribution in [3.05, 3.63) is 69.4 Å². The van der Waals surface area contributed by atoms with E-state index in [1.807, 2.05) is 12.1 Å². The number of aromatic nitrogens is 1. The van der Waals surface area contributed by atoms with E-state index in [1.54, 1.807) is 36.4 Å². The third-order valence-corrected chi connectivity index (χ3v) is 2.81. The standard InChI is InChI=1S/C15H13N3O4/c19-15(20)16-10-12-6-4-11(5-7-12)8-9-13-2-1-3-14(17-13)18(21)22/h1-9,16H,10H2,(H,19,20)/b9-8+. The average molecular weight is 299 g/mol. The molecule has 0 aliphatic heterocycles. The summed E-state index contributed by atoms with van der Waals surface area (Å²) in [4.78, 5) is 24.4. The fourth-order valence-electron chi connectivity index (χ4n) is 1.74. The van der Waals surface area contributed by atoms with Crippen molar-refractivity contribution < 1.29 is 14.8 Å². The van der Waals surface area contributed by atoms with E-state index in [9.17, 15) is 14.9 Å². The summed E-state index contributed by atoms with van der Waals surface area (Å²) in [6.07, 6.45) is 2.39.